The molecule has 1 aromatic carbocycles. The maximum absolute atomic E-state index is 12.3. The number of aryl methyl sites for hydroxylation is 1. The van der Waals surface area contributed by atoms with Crippen molar-refractivity contribution in [1.82, 2.24) is 4.98 Å². The fraction of sp³-hybridized carbons (Fsp3) is 0.375. The molecule has 0 aliphatic rings. The first kappa shape index (κ1) is 12.7. The van der Waals surface area contributed by atoms with E-state index in [9.17, 15) is 4.79 Å². The number of fused-ring (bicyclic) bond motifs is 1. The molecule has 0 atom stereocenters. The molecule has 0 unspecified atom stereocenters. The third-order valence-corrected chi connectivity index (χ3v) is 3.09. The molecule has 2 rings (SSSR count). The van der Waals surface area contributed by atoms with Crippen LogP contribution < -0.4 is 0 Å². The molecule has 0 fully saturated rings. The second-order valence-corrected chi connectivity index (χ2v) is 5.18. The van der Waals surface area contributed by atoms with Crippen LogP contribution in [0.4, 0.5) is 0 Å². The zero-order chi connectivity index (χ0) is 13.1. The van der Waals surface area contributed by atoms with E-state index in [0.29, 0.717) is 12.3 Å². The third kappa shape index (κ3) is 2.76. The number of rotatable bonds is 4. The van der Waals surface area contributed by atoms with Crippen molar-refractivity contribution in [1.29, 1.82) is 0 Å². The summed E-state index contributed by atoms with van der Waals surface area (Å²) in [5, 5.41) is 0.969. The van der Waals surface area contributed by atoms with Crippen LogP contribution in [0.15, 0.2) is 30.3 Å². The number of ketones is 1. The minimum Gasteiger partial charge on any atom is -0.294 e. The van der Waals surface area contributed by atoms with Crippen LogP contribution in [0.25, 0.3) is 10.9 Å². The molecule has 0 saturated heterocycles. The van der Waals surface area contributed by atoms with Gasteiger partial charge in [0.2, 0.25) is 0 Å². The molecule has 0 saturated carbocycles. The topological polar surface area (TPSA) is 30.0 Å². The molecule has 18 heavy (non-hydrogen) atoms. The van der Waals surface area contributed by atoms with E-state index in [-0.39, 0.29) is 5.78 Å². The van der Waals surface area contributed by atoms with Crippen molar-refractivity contribution in [3.63, 3.8) is 0 Å². The maximum Gasteiger partial charge on any atom is 0.163 e. The lowest BCUT2D eigenvalue weighted by molar-refractivity contribution is 0.0977. The van der Waals surface area contributed by atoms with E-state index < -0.39 is 0 Å². The van der Waals surface area contributed by atoms with E-state index in [0.717, 1.165) is 28.6 Å². The lowest BCUT2D eigenvalue weighted by atomic mass is 9.98. The number of para-hydroxylation sites is 1. The Morgan fingerprint density at radius 2 is 2.00 bits per heavy atom. The smallest absolute Gasteiger partial charge is 0.163 e. The van der Waals surface area contributed by atoms with Gasteiger partial charge in [-0.2, -0.15) is 0 Å². The van der Waals surface area contributed by atoms with Crippen molar-refractivity contribution in [3.8, 4) is 0 Å². The van der Waals surface area contributed by atoms with Crippen LogP contribution in [-0.2, 0) is 0 Å². The van der Waals surface area contributed by atoms with Gasteiger partial charge in [-0.25, -0.2) is 0 Å². The predicted molar refractivity (Wildman–Crippen MR) is 74.9 cm³/mol. The predicted octanol–water partition coefficient (Wildman–Crippen LogP) is 4.16. The highest BCUT2D eigenvalue weighted by Crippen LogP contribution is 2.20. The summed E-state index contributed by atoms with van der Waals surface area (Å²) in [4.78, 5) is 16.7. The largest absolute Gasteiger partial charge is 0.294 e. The molecule has 0 spiro atoms. The van der Waals surface area contributed by atoms with Crippen molar-refractivity contribution >= 4 is 16.7 Å². The van der Waals surface area contributed by atoms with Gasteiger partial charge in [0, 0.05) is 23.1 Å². The fourth-order valence-corrected chi connectivity index (χ4v) is 2.09. The first-order chi connectivity index (χ1) is 8.58. The Kier molecular flexibility index (Phi) is 3.75. The fourth-order valence-electron chi connectivity index (χ4n) is 2.09. The number of benzene rings is 1. The molecular formula is C16H19NO. The average molecular weight is 241 g/mol. The number of hydrogen-bond donors (Lipinski definition) is 0. The van der Waals surface area contributed by atoms with Gasteiger partial charge < -0.3 is 0 Å². The van der Waals surface area contributed by atoms with Gasteiger partial charge in [-0.05, 0) is 31.4 Å². The highest BCUT2D eigenvalue weighted by Gasteiger charge is 2.12. The van der Waals surface area contributed by atoms with E-state index in [1.54, 1.807) is 0 Å². The lowest BCUT2D eigenvalue weighted by Crippen LogP contribution is -2.03. The van der Waals surface area contributed by atoms with Crippen LogP contribution in [0.3, 0.4) is 0 Å². The van der Waals surface area contributed by atoms with Crippen LogP contribution in [-0.4, -0.2) is 10.8 Å². The van der Waals surface area contributed by atoms with E-state index in [4.69, 9.17) is 0 Å². The van der Waals surface area contributed by atoms with E-state index >= 15 is 0 Å². The van der Waals surface area contributed by atoms with Crippen molar-refractivity contribution in [2.75, 3.05) is 0 Å². The second-order valence-electron chi connectivity index (χ2n) is 5.18. The highest BCUT2D eigenvalue weighted by molar-refractivity contribution is 6.07. The summed E-state index contributed by atoms with van der Waals surface area (Å²) in [5.74, 6) is 0.786. The molecule has 2 heteroatoms. The number of pyridine rings is 1. The molecule has 0 bridgehead atoms. The Labute approximate surface area is 108 Å². The number of carbonyl (C=O) groups excluding carboxylic acids is 1. The van der Waals surface area contributed by atoms with Crippen molar-refractivity contribution < 1.29 is 4.79 Å². The van der Waals surface area contributed by atoms with Crippen LogP contribution >= 0.6 is 0 Å². The van der Waals surface area contributed by atoms with Crippen molar-refractivity contribution in [3.05, 3.63) is 41.6 Å². The van der Waals surface area contributed by atoms with Gasteiger partial charge in [-0.1, -0.05) is 32.0 Å². The summed E-state index contributed by atoms with van der Waals surface area (Å²) < 4.78 is 0. The first-order valence-corrected chi connectivity index (χ1v) is 6.47. The summed E-state index contributed by atoms with van der Waals surface area (Å²) in [6.45, 7) is 6.22. The Bertz CT molecular complexity index is 572. The number of carbonyl (C=O) groups is 1. The van der Waals surface area contributed by atoms with Crippen LogP contribution in [0.5, 0.6) is 0 Å². The molecule has 94 valence electrons. The molecule has 1 aromatic heterocycles. The first-order valence-electron chi connectivity index (χ1n) is 6.47. The van der Waals surface area contributed by atoms with Crippen LogP contribution in [0, 0.1) is 12.8 Å². The molecule has 2 nitrogen and oxygen atoms in total. The molecule has 0 aliphatic carbocycles. The van der Waals surface area contributed by atoms with Gasteiger partial charge in [0.1, 0.15) is 0 Å². The quantitative estimate of drug-likeness (QED) is 0.752. The second kappa shape index (κ2) is 5.30. The SMILES string of the molecule is Cc1cc(C(=O)CCC(C)C)c2ccccc2n1. The van der Waals surface area contributed by atoms with Gasteiger partial charge in [-0.15, -0.1) is 0 Å². The number of Topliss-reactive ketones (excluding diaryl/α,β-unsaturated/α-hetero) is 1. The molecule has 0 aliphatic heterocycles. The van der Waals surface area contributed by atoms with Crippen LogP contribution in [0.2, 0.25) is 0 Å². The minimum absolute atomic E-state index is 0.227. The highest BCUT2D eigenvalue weighted by atomic mass is 16.1. The summed E-state index contributed by atoms with van der Waals surface area (Å²) in [6, 6.07) is 9.76. The van der Waals surface area contributed by atoms with Crippen molar-refractivity contribution in [2.45, 2.75) is 33.6 Å². The standard InChI is InChI=1S/C16H19NO/c1-11(2)8-9-16(18)14-10-12(3)17-15-7-5-4-6-13(14)15/h4-7,10-11H,8-9H2,1-3H3. The number of nitrogens with zero attached hydrogens (tertiary/aromatic N) is 1. The molecule has 1 heterocycles. The summed E-state index contributed by atoms with van der Waals surface area (Å²) in [7, 11) is 0. The summed E-state index contributed by atoms with van der Waals surface area (Å²) in [6.07, 6.45) is 1.56. The zero-order valence-corrected chi connectivity index (χ0v) is 11.2. The summed E-state index contributed by atoms with van der Waals surface area (Å²) in [5.41, 5.74) is 2.63. The Hall–Kier alpha value is -1.70. The average Bonchev–Trinajstić information content (AvgIpc) is 2.34. The number of hydrogen-bond acceptors (Lipinski definition) is 2. The third-order valence-electron chi connectivity index (χ3n) is 3.09. The Morgan fingerprint density at radius 1 is 1.28 bits per heavy atom. The molecule has 2 aromatic rings. The van der Waals surface area contributed by atoms with Gasteiger partial charge in [0.25, 0.3) is 0 Å². The minimum atomic E-state index is 0.227. The Balaban J connectivity index is 2.40. The van der Waals surface area contributed by atoms with Gasteiger partial charge in [0.05, 0.1) is 5.52 Å². The zero-order valence-electron chi connectivity index (χ0n) is 11.2. The van der Waals surface area contributed by atoms with Gasteiger partial charge in [0.15, 0.2) is 5.78 Å². The van der Waals surface area contributed by atoms with Gasteiger partial charge >= 0.3 is 0 Å². The lowest BCUT2D eigenvalue weighted by Gasteiger charge is -2.08. The Morgan fingerprint density at radius 3 is 2.72 bits per heavy atom. The summed E-state index contributed by atoms with van der Waals surface area (Å²) >= 11 is 0. The van der Waals surface area contributed by atoms with E-state index in [2.05, 4.69) is 18.8 Å². The molecule has 0 radical (unpaired) electrons. The van der Waals surface area contributed by atoms with Gasteiger partial charge in [-0.3, -0.25) is 9.78 Å². The molecular weight excluding hydrogens is 222 g/mol. The number of aromatic nitrogens is 1. The van der Waals surface area contributed by atoms with E-state index in [1.165, 1.54) is 0 Å². The van der Waals surface area contributed by atoms with Crippen LogP contribution in [0.1, 0.15) is 42.7 Å². The molecule has 0 amide bonds. The monoisotopic (exact) mass is 241 g/mol. The van der Waals surface area contributed by atoms with Crippen molar-refractivity contribution in [2.24, 2.45) is 5.92 Å². The normalized spacial score (nSPS) is 11.1. The molecule has 0 N–H and O–H groups in total. The maximum atomic E-state index is 12.3. The van der Waals surface area contributed by atoms with E-state index in [1.807, 2.05) is 37.3 Å².